The lowest BCUT2D eigenvalue weighted by Crippen LogP contribution is -2.42. The summed E-state index contributed by atoms with van der Waals surface area (Å²) in [5.74, 6) is -1.27. The molecule has 7 nitrogen and oxygen atoms in total. The van der Waals surface area contributed by atoms with Gasteiger partial charge in [0.2, 0.25) is 0 Å². The number of hydrogen-bond donors (Lipinski definition) is 1. The third-order valence-electron chi connectivity index (χ3n) is 4.57. The number of nitrogens with zero attached hydrogens (tertiary/aromatic N) is 1. The van der Waals surface area contributed by atoms with Crippen LogP contribution in [-0.4, -0.2) is 50.6 Å². The van der Waals surface area contributed by atoms with Crippen LogP contribution in [0.25, 0.3) is 0 Å². The molecular formula is C21H22N2O5S. The molecule has 0 saturated heterocycles. The second-order valence-corrected chi connectivity index (χ2v) is 8.54. The number of sulfone groups is 1. The number of carbonyl (C=O) groups is 2. The first-order valence-electron chi connectivity index (χ1n) is 9.08. The number of anilines is 1. The van der Waals surface area contributed by atoms with E-state index in [1.807, 2.05) is 30.3 Å². The molecule has 29 heavy (non-hydrogen) atoms. The lowest BCUT2D eigenvalue weighted by atomic mass is 10.1. The average molecular weight is 414 g/mol. The molecular weight excluding hydrogens is 392 g/mol. The van der Waals surface area contributed by atoms with Gasteiger partial charge in [0.05, 0.1) is 17.4 Å². The smallest absolute Gasteiger partial charge is 0.340 e. The lowest BCUT2D eigenvalue weighted by Gasteiger charge is -2.27. The average Bonchev–Trinajstić information content (AvgIpc) is 3.10. The molecule has 1 amide bonds. The van der Waals surface area contributed by atoms with Crippen LogP contribution >= 0.6 is 0 Å². The Balaban J connectivity index is 1.72. The van der Waals surface area contributed by atoms with Crippen LogP contribution in [0.2, 0.25) is 0 Å². The molecule has 2 aromatic rings. The highest BCUT2D eigenvalue weighted by Crippen LogP contribution is 2.19. The molecule has 0 saturated carbocycles. The molecule has 3 rings (SSSR count). The minimum Gasteiger partial charge on any atom is -0.452 e. The predicted octanol–water partition coefficient (Wildman–Crippen LogP) is 2.22. The number of amides is 1. The maximum atomic E-state index is 12.8. The van der Waals surface area contributed by atoms with Crippen LogP contribution in [0.1, 0.15) is 15.9 Å². The van der Waals surface area contributed by atoms with Crippen molar-refractivity contribution in [3.05, 3.63) is 77.2 Å². The maximum Gasteiger partial charge on any atom is 0.340 e. The Hall–Kier alpha value is -3.13. The fourth-order valence-corrected chi connectivity index (χ4v) is 4.39. The predicted molar refractivity (Wildman–Crippen MR) is 110 cm³/mol. The standard InChI is InChI=1S/C21H22N2O5S/c1-22-19-10-6-5-9-18(19)21(25)28-14-20(24)23(13-16-7-3-2-4-8-16)17-11-12-29(26,27)15-17/h2-12,17,22H,13-15H2,1H3/t17-/m0/s1. The second kappa shape index (κ2) is 8.91. The summed E-state index contributed by atoms with van der Waals surface area (Å²) < 4.78 is 28.9. The van der Waals surface area contributed by atoms with Gasteiger partial charge in [-0.25, -0.2) is 13.2 Å². The molecule has 2 aromatic carbocycles. The molecule has 0 aliphatic carbocycles. The van der Waals surface area contributed by atoms with Crippen molar-refractivity contribution in [2.75, 3.05) is 24.7 Å². The Kier molecular flexibility index (Phi) is 6.33. The zero-order valence-electron chi connectivity index (χ0n) is 15.9. The van der Waals surface area contributed by atoms with Crippen LogP contribution in [0.5, 0.6) is 0 Å². The maximum absolute atomic E-state index is 12.8. The first-order chi connectivity index (χ1) is 13.9. The quantitative estimate of drug-likeness (QED) is 0.699. The van der Waals surface area contributed by atoms with Gasteiger partial charge in [0.15, 0.2) is 16.4 Å². The molecule has 0 spiro atoms. The Morgan fingerprint density at radius 1 is 1.10 bits per heavy atom. The molecule has 1 aliphatic rings. The summed E-state index contributed by atoms with van der Waals surface area (Å²) in [6.45, 7) is -0.261. The summed E-state index contributed by atoms with van der Waals surface area (Å²) >= 11 is 0. The van der Waals surface area contributed by atoms with Crippen molar-refractivity contribution >= 4 is 27.4 Å². The number of esters is 1. The lowest BCUT2D eigenvalue weighted by molar-refractivity contribution is -0.136. The molecule has 8 heteroatoms. The molecule has 1 atom stereocenters. The Morgan fingerprint density at radius 2 is 1.79 bits per heavy atom. The Morgan fingerprint density at radius 3 is 2.45 bits per heavy atom. The van der Waals surface area contributed by atoms with E-state index in [4.69, 9.17) is 4.74 Å². The number of rotatable bonds is 7. The zero-order valence-corrected chi connectivity index (χ0v) is 16.8. The summed E-state index contributed by atoms with van der Waals surface area (Å²) in [6.07, 6.45) is 1.49. The fraction of sp³-hybridized carbons (Fsp3) is 0.238. The van der Waals surface area contributed by atoms with Crippen LogP contribution in [0.15, 0.2) is 66.1 Å². The molecule has 0 fully saturated rings. The molecule has 1 N–H and O–H groups in total. The van der Waals surface area contributed by atoms with E-state index in [-0.39, 0.29) is 12.3 Å². The van der Waals surface area contributed by atoms with Crippen LogP contribution < -0.4 is 5.32 Å². The monoisotopic (exact) mass is 414 g/mol. The second-order valence-electron chi connectivity index (χ2n) is 6.60. The molecule has 0 radical (unpaired) electrons. The van der Waals surface area contributed by atoms with Crippen molar-refractivity contribution < 1.29 is 22.7 Å². The van der Waals surface area contributed by atoms with E-state index in [1.54, 1.807) is 31.3 Å². The normalized spacial score (nSPS) is 16.9. The number of ether oxygens (including phenoxy) is 1. The van der Waals surface area contributed by atoms with Crippen molar-refractivity contribution in [2.24, 2.45) is 0 Å². The highest BCUT2D eigenvalue weighted by atomic mass is 32.2. The van der Waals surface area contributed by atoms with Gasteiger partial charge in [0, 0.05) is 24.7 Å². The SMILES string of the molecule is CNc1ccccc1C(=O)OCC(=O)N(Cc1ccccc1)[C@H]1C=CS(=O)(=O)C1. The van der Waals surface area contributed by atoms with E-state index < -0.39 is 34.4 Å². The van der Waals surface area contributed by atoms with Crippen molar-refractivity contribution in [3.63, 3.8) is 0 Å². The summed E-state index contributed by atoms with van der Waals surface area (Å²) in [6, 6.07) is 15.5. The Bertz CT molecular complexity index is 1020. The number of para-hydroxylation sites is 1. The van der Waals surface area contributed by atoms with Gasteiger partial charge in [-0.05, 0) is 23.8 Å². The molecule has 0 bridgehead atoms. The van der Waals surface area contributed by atoms with E-state index >= 15 is 0 Å². The van der Waals surface area contributed by atoms with Crippen molar-refractivity contribution in [3.8, 4) is 0 Å². The van der Waals surface area contributed by atoms with Gasteiger partial charge in [-0.1, -0.05) is 42.5 Å². The van der Waals surface area contributed by atoms with Crippen LogP contribution in [0, 0.1) is 0 Å². The number of nitrogens with one attached hydrogen (secondary N) is 1. The zero-order chi connectivity index (χ0) is 20.9. The molecule has 0 aromatic heterocycles. The van der Waals surface area contributed by atoms with Crippen LogP contribution in [-0.2, 0) is 25.9 Å². The van der Waals surface area contributed by atoms with Crippen molar-refractivity contribution in [1.29, 1.82) is 0 Å². The first kappa shape index (κ1) is 20.6. The largest absolute Gasteiger partial charge is 0.452 e. The van der Waals surface area contributed by atoms with Gasteiger partial charge in [0.1, 0.15) is 0 Å². The van der Waals surface area contributed by atoms with E-state index in [9.17, 15) is 18.0 Å². The van der Waals surface area contributed by atoms with Gasteiger partial charge in [0.25, 0.3) is 5.91 Å². The summed E-state index contributed by atoms with van der Waals surface area (Å²) in [5, 5.41) is 4.02. The van der Waals surface area contributed by atoms with Gasteiger partial charge < -0.3 is 15.0 Å². The minimum atomic E-state index is -3.34. The molecule has 0 unspecified atom stereocenters. The van der Waals surface area contributed by atoms with Gasteiger partial charge in [-0.15, -0.1) is 0 Å². The van der Waals surface area contributed by atoms with Gasteiger partial charge in [-0.2, -0.15) is 0 Å². The van der Waals surface area contributed by atoms with E-state index in [0.717, 1.165) is 11.0 Å². The molecule has 1 aliphatic heterocycles. The van der Waals surface area contributed by atoms with Crippen molar-refractivity contribution in [1.82, 2.24) is 4.90 Å². The van der Waals surface area contributed by atoms with Gasteiger partial charge >= 0.3 is 5.97 Å². The summed E-state index contributed by atoms with van der Waals surface area (Å²) in [7, 11) is -1.65. The minimum absolute atomic E-state index is 0.178. The van der Waals surface area contributed by atoms with Crippen LogP contribution in [0.4, 0.5) is 5.69 Å². The van der Waals surface area contributed by atoms with Crippen molar-refractivity contribution in [2.45, 2.75) is 12.6 Å². The summed E-state index contributed by atoms with van der Waals surface area (Å²) in [5.41, 5.74) is 1.77. The summed E-state index contributed by atoms with van der Waals surface area (Å²) in [4.78, 5) is 26.7. The molecule has 152 valence electrons. The molecule has 1 heterocycles. The number of benzene rings is 2. The van der Waals surface area contributed by atoms with E-state index in [1.165, 1.54) is 11.0 Å². The Labute approximate surface area is 169 Å². The third kappa shape index (κ3) is 5.23. The fourth-order valence-electron chi connectivity index (χ4n) is 3.09. The topological polar surface area (TPSA) is 92.8 Å². The van der Waals surface area contributed by atoms with Gasteiger partial charge in [-0.3, -0.25) is 4.79 Å². The van der Waals surface area contributed by atoms with Crippen LogP contribution in [0.3, 0.4) is 0 Å². The van der Waals surface area contributed by atoms with E-state index in [2.05, 4.69) is 5.32 Å². The number of hydrogen-bond acceptors (Lipinski definition) is 6. The van der Waals surface area contributed by atoms with E-state index in [0.29, 0.717) is 11.3 Å². The first-order valence-corrected chi connectivity index (χ1v) is 10.8. The highest BCUT2D eigenvalue weighted by molar-refractivity contribution is 7.94. The number of carbonyl (C=O) groups excluding carboxylic acids is 2. The third-order valence-corrected chi connectivity index (χ3v) is 5.95. The highest BCUT2D eigenvalue weighted by Gasteiger charge is 2.31.